The van der Waals surface area contributed by atoms with Crippen LogP contribution < -0.4 is 5.32 Å². The minimum atomic E-state index is -3.61. The highest BCUT2D eigenvalue weighted by atomic mass is 32.2. The molecule has 1 amide bonds. The summed E-state index contributed by atoms with van der Waals surface area (Å²) in [5, 5.41) is 5.56. The van der Waals surface area contributed by atoms with Gasteiger partial charge in [0.15, 0.2) is 0 Å². The normalized spacial score (nSPS) is 11.7. The number of amides is 1. The van der Waals surface area contributed by atoms with Crippen LogP contribution in [0.25, 0.3) is 11.3 Å². The van der Waals surface area contributed by atoms with Crippen molar-refractivity contribution in [2.45, 2.75) is 25.3 Å². The summed E-state index contributed by atoms with van der Waals surface area (Å²) in [6.45, 7) is 4.61. The summed E-state index contributed by atoms with van der Waals surface area (Å²) in [5.74, 6) is -0.343. The lowest BCUT2D eigenvalue weighted by molar-refractivity contribution is 0.0942. The molecule has 9 heteroatoms. The van der Waals surface area contributed by atoms with E-state index in [1.165, 1.54) is 32.5 Å². The van der Waals surface area contributed by atoms with Crippen LogP contribution >= 0.6 is 11.3 Å². The highest BCUT2D eigenvalue weighted by Gasteiger charge is 2.25. The molecule has 0 saturated carbocycles. The van der Waals surface area contributed by atoms with Crippen molar-refractivity contribution in [1.29, 1.82) is 0 Å². The fraction of sp³-hybridized carbons (Fsp3) is 0.300. The van der Waals surface area contributed by atoms with E-state index in [2.05, 4.69) is 10.3 Å². The van der Waals surface area contributed by atoms with Gasteiger partial charge in [-0.3, -0.25) is 4.79 Å². The molecule has 2 aromatic heterocycles. The van der Waals surface area contributed by atoms with Crippen LogP contribution in [0.5, 0.6) is 0 Å². The molecule has 3 aromatic rings. The molecule has 7 nitrogen and oxygen atoms in total. The van der Waals surface area contributed by atoms with Gasteiger partial charge in [-0.25, -0.2) is 13.4 Å². The van der Waals surface area contributed by atoms with Gasteiger partial charge in [0.25, 0.3) is 5.91 Å². The number of aryl methyl sites for hydroxylation is 1. The van der Waals surface area contributed by atoms with Gasteiger partial charge in [0.1, 0.15) is 15.6 Å². The fourth-order valence-electron chi connectivity index (χ4n) is 2.99. The van der Waals surface area contributed by atoms with E-state index in [1.807, 2.05) is 35.7 Å². The predicted molar refractivity (Wildman–Crippen MR) is 114 cm³/mol. The van der Waals surface area contributed by atoms with Crippen molar-refractivity contribution in [3.63, 3.8) is 0 Å². The molecule has 0 aliphatic heterocycles. The van der Waals surface area contributed by atoms with Gasteiger partial charge in [-0.1, -0.05) is 44.2 Å². The van der Waals surface area contributed by atoms with Gasteiger partial charge in [-0.05, 0) is 6.07 Å². The molecular weight excluding hydrogens is 408 g/mol. The molecule has 0 spiro atoms. The van der Waals surface area contributed by atoms with Crippen molar-refractivity contribution in [3.05, 3.63) is 58.7 Å². The Labute approximate surface area is 175 Å². The standard InChI is InChI=1S/C20H24N4O3S2/c1-4-24(5-2)29(26,27)16-11-18(23(3)13-16)20(25)21-12-19-22-17(14-28-19)15-9-7-6-8-10-15/h6-11,13-14H,4-5,12H2,1-3H3,(H,21,25). The highest BCUT2D eigenvalue weighted by molar-refractivity contribution is 7.89. The second-order valence-corrected chi connectivity index (χ2v) is 9.32. The van der Waals surface area contributed by atoms with Crippen molar-refractivity contribution in [2.24, 2.45) is 7.05 Å². The fourth-order valence-corrected chi connectivity index (χ4v) is 5.27. The van der Waals surface area contributed by atoms with Gasteiger partial charge < -0.3 is 9.88 Å². The maximum absolute atomic E-state index is 12.7. The number of hydrogen-bond acceptors (Lipinski definition) is 5. The summed E-state index contributed by atoms with van der Waals surface area (Å²) in [6.07, 6.45) is 1.47. The van der Waals surface area contributed by atoms with E-state index in [1.54, 1.807) is 20.9 Å². The first kappa shape index (κ1) is 21.2. The Morgan fingerprint density at radius 2 is 1.90 bits per heavy atom. The van der Waals surface area contributed by atoms with Crippen LogP contribution in [0, 0.1) is 0 Å². The van der Waals surface area contributed by atoms with Gasteiger partial charge in [0.2, 0.25) is 10.0 Å². The Bertz CT molecular complexity index is 1080. The van der Waals surface area contributed by atoms with Gasteiger partial charge in [0, 0.05) is 37.3 Å². The Hall–Kier alpha value is -2.49. The van der Waals surface area contributed by atoms with Crippen LogP contribution in [0.4, 0.5) is 0 Å². The first-order valence-electron chi connectivity index (χ1n) is 9.31. The summed E-state index contributed by atoms with van der Waals surface area (Å²) in [6, 6.07) is 11.2. The molecule has 1 aromatic carbocycles. The van der Waals surface area contributed by atoms with Crippen molar-refractivity contribution >= 4 is 27.3 Å². The third kappa shape index (κ3) is 4.58. The minimum absolute atomic E-state index is 0.120. The second kappa shape index (κ2) is 8.89. The highest BCUT2D eigenvalue weighted by Crippen LogP contribution is 2.22. The van der Waals surface area contributed by atoms with Crippen LogP contribution in [0.15, 0.2) is 52.9 Å². The molecule has 29 heavy (non-hydrogen) atoms. The average Bonchev–Trinajstić information content (AvgIpc) is 3.35. The molecule has 154 valence electrons. The second-order valence-electron chi connectivity index (χ2n) is 6.44. The SMILES string of the molecule is CCN(CC)S(=O)(=O)c1cc(C(=O)NCc2nc(-c3ccccc3)cs2)n(C)c1. The number of carbonyl (C=O) groups is 1. The Balaban J connectivity index is 1.71. The molecule has 3 rings (SSSR count). The molecule has 0 aliphatic carbocycles. The van der Waals surface area contributed by atoms with Gasteiger partial charge in [0.05, 0.1) is 12.2 Å². The number of nitrogens with one attached hydrogen (secondary N) is 1. The summed E-state index contributed by atoms with van der Waals surface area (Å²) in [7, 11) is -1.95. The van der Waals surface area contributed by atoms with E-state index in [-0.39, 0.29) is 23.0 Å². The first-order chi connectivity index (χ1) is 13.9. The van der Waals surface area contributed by atoms with E-state index < -0.39 is 10.0 Å². The van der Waals surface area contributed by atoms with E-state index in [9.17, 15) is 13.2 Å². The van der Waals surface area contributed by atoms with Crippen LogP contribution in [0.3, 0.4) is 0 Å². The molecule has 0 fully saturated rings. The van der Waals surface area contributed by atoms with Crippen molar-refractivity contribution in [1.82, 2.24) is 19.2 Å². The molecule has 0 unspecified atom stereocenters. The average molecular weight is 433 g/mol. The zero-order valence-electron chi connectivity index (χ0n) is 16.6. The largest absolute Gasteiger partial charge is 0.345 e. The van der Waals surface area contributed by atoms with Crippen LogP contribution in [-0.4, -0.2) is 41.3 Å². The first-order valence-corrected chi connectivity index (χ1v) is 11.6. The molecule has 0 atom stereocenters. The lowest BCUT2D eigenvalue weighted by Crippen LogP contribution is -2.30. The molecule has 0 saturated heterocycles. The summed E-state index contributed by atoms with van der Waals surface area (Å²) in [5.41, 5.74) is 2.18. The molecule has 0 aliphatic rings. The number of sulfonamides is 1. The molecule has 1 N–H and O–H groups in total. The van der Waals surface area contributed by atoms with Crippen molar-refractivity contribution in [3.8, 4) is 11.3 Å². The zero-order valence-corrected chi connectivity index (χ0v) is 18.3. The van der Waals surface area contributed by atoms with Crippen molar-refractivity contribution in [2.75, 3.05) is 13.1 Å². The number of benzene rings is 1. The molecule has 2 heterocycles. The lowest BCUT2D eigenvalue weighted by atomic mass is 10.2. The number of aromatic nitrogens is 2. The summed E-state index contributed by atoms with van der Waals surface area (Å²) < 4.78 is 28.2. The van der Waals surface area contributed by atoms with Gasteiger partial charge >= 0.3 is 0 Å². The maximum Gasteiger partial charge on any atom is 0.268 e. The number of hydrogen-bond donors (Lipinski definition) is 1. The maximum atomic E-state index is 12.7. The summed E-state index contributed by atoms with van der Waals surface area (Å²) in [4.78, 5) is 17.3. The lowest BCUT2D eigenvalue weighted by Gasteiger charge is -2.17. The molecule has 0 bridgehead atoms. The van der Waals surface area contributed by atoms with Crippen molar-refractivity contribution < 1.29 is 13.2 Å². The van der Waals surface area contributed by atoms with E-state index in [0.717, 1.165) is 16.3 Å². The number of carbonyl (C=O) groups excluding carboxylic acids is 1. The minimum Gasteiger partial charge on any atom is -0.345 e. The Kier molecular flexibility index (Phi) is 6.51. The zero-order chi connectivity index (χ0) is 21.0. The van der Waals surface area contributed by atoms with E-state index in [0.29, 0.717) is 13.1 Å². The third-order valence-electron chi connectivity index (χ3n) is 4.58. The van der Waals surface area contributed by atoms with Crippen LogP contribution in [-0.2, 0) is 23.6 Å². The molecule has 0 radical (unpaired) electrons. The quantitative estimate of drug-likeness (QED) is 0.593. The Morgan fingerprint density at radius 1 is 1.21 bits per heavy atom. The smallest absolute Gasteiger partial charge is 0.268 e. The van der Waals surface area contributed by atoms with Gasteiger partial charge in [-0.15, -0.1) is 11.3 Å². The van der Waals surface area contributed by atoms with Crippen LogP contribution in [0.1, 0.15) is 29.3 Å². The number of thiazole rings is 1. The predicted octanol–water partition coefficient (Wildman–Crippen LogP) is 3.11. The van der Waals surface area contributed by atoms with Gasteiger partial charge in [-0.2, -0.15) is 4.31 Å². The number of nitrogens with zero attached hydrogens (tertiary/aromatic N) is 3. The monoisotopic (exact) mass is 432 g/mol. The summed E-state index contributed by atoms with van der Waals surface area (Å²) >= 11 is 1.47. The third-order valence-corrected chi connectivity index (χ3v) is 7.44. The number of rotatable bonds is 8. The van der Waals surface area contributed by atoms with Crippen LogP contribution in [0.2, 0.25) is 0 Å². The molecular formula is C20H24N4O3S2. The van der Waals surface area contributed by atoms with E-state index >= 15 is 0 Å². The topological polar surface area (TPSA) is 84.3 Å². The van der Waals surface area contributed by atoms with E-state index in [4.69, 9.17) is 0 Å². The Morgan fingerprint density at radius 3 is 2.55 bits per heavy atom.